The summed E-state index contributed by atoms with van der Waals surface area (Å²) in [6.07, 6.45) is 0. The zero-order valence-electron chi connectivity index (χ0n) is 16.0. The Hall–Kier alpha value is -2.11. The topological polar surface area (TPSA) is 95.5 Å². The number of fused-ring (bicyclic) bond motifs is 1. The molecule has 8 nitrogen and oxygen atoms in total. The molecule has 4 rings (SSSR count). The van der Waals surface area contributed by atoms with Crippen LogP contribution in [-0.4, -0.2) is 65.0 Å². The van der Waals surface area contributed by atoms with E-state index in [0.717, 1.165) is 17.3 Å². The third-order valence-corrected chi connectivity index (χ3v) is 7.84. The molecule has 1 aliphatic heterocycles. The highest BCUT2D eigenvalue weighted by molar-refractivity contribution is 7.89. The van der Waals surface area contributed by atoms with Crippen molar-refractivity contribution in [2.75, 3.05) is 32.7 Å². The van der Waals surface area contributed by atoms with Crippen LogP contribution < -0.4 is 5.32 Å². The molecule has 3 aromatic rings. The van der Waals surface area contributed by atoms with Gasteiger partial charge in [-0.05, 0) is 23.8 Å². The molecule has 1 saturated heterocycles. The summed E-state index contributed by atoms with van der Waals surface area (Å²) in [5.41, 5.74) is 1.84. The molecule has 0 saturated carbocycles. The number of benzene rings is 2. The van der Waals surface area contributed by atoms with E-state index in [1.54, 1.807) is 24.3 Å². The fourth-order valence-electron chi connectivity index (χ4n) is 3.35. The molecule has 0 radical (unpaired) electrons. The minimum Gasteiger partial charge on any atom is -0.351 e. The van der Waals surface area contributed by atoms with Crippen molar-refractivity contribution in [3.05, 3.63) is 53.1 Å². The van der Waals surface area contributed by atoms with Gasteiger partial charge >= 0.3 is 0 Å². The van der Waals surface area contributed by atoms with Crippen molar-refractivity contribution in [1.82, 2.24) is 23.3 Å². The molecule has 30 heavy (non-hydrogen) atoms. The smallest absolute Gasteiger partial charge is 0.245 e. The molecule has 11 heteroatoms. The molecule has 158 valence electrons. The highest BCUT2D eigenvalue weighted by atomic mass is 35.5. The Morgan fingerprint density at radius 1 is 1.07 bits per heavy atom. The van der Waals surface area contributed by atoms with Crippen LogP contribution in [0.5, 0.6) is 0 Å². The molecular weight excluding hydrogens is 446 g/mol. The molecule has 0 unspecified atom stereocenters. The Bertz CT molecular complexity index is 1160. The molecule has 0 bridgehead atoms. The van der Waals surface area contributed by atoms with Crippen molar-refractivity contribution in [2.45, 2.75) is 11.4 Å². The first kappa shape index (κ1) is 21.1. The number of carbonyl (C=O) groups is 1. The second-order valence-corrected chi connectivity index (χ2v) is 9.78. The van der Waals surface area contributed by atoms with Gasteiger partial charge in [-0.3, -0.25) is 9.69 Å². The molecule has 0 atom stereocenters. The molecule has 1 aliphatic rings. The number of nitrogens with one attached hydrogen (secondary N) is 1. The monoisotopic (exact) mass is 465 g/mol. The van der Waals surface area contributed by atoms with Gasteiger partial charge in [0, 0.05) is 37.7 Å². The van der Waals surface area contributed by atoms with Gasteiger partial charge in [0.25, 0.3) is 0 Å². The highest BCUT2D eigenvalue weighted by Gasteiger charge is 2.31. The van der Waals surface area contributed by atoms with E-state index in [2.05, 4.69) is 14.1 Å². The normalized spacial score (nSPS) is 16.0. The number of halogens is 1. The van der Waals surface area contributed by atoms with Crippen LogP contribution in [0.15, 0.2) is 47.4 Å². The van der Waals surface area contributed by atoms with Crippen LogP contribution in [0.25, 0.3) is 11.0 Å². The average Bonchev–Trinajstić information content (AvgIpc) is 3.22. The van der Waals surface area contributed by atoms with Gasteiger partial charge in [0.15, 0.2) is 0 Å². The molecule has 1 fully saturated rings. The lowest BCUT2D eigenvalue weighted by Gasteiger charge is -2.33. The van der Waals surface area contributed by atoms with E-state index in [1.807, 2.05) is 23.1 Å². The fraction of sp³-hybridized carbons (Fsp3) is 0.316. The van der Waals surface area contributed by atoms with E-state index in [9.17, 15) is 13.2 Å². The minimum atomic E-state index is -3.67. The quantitative estimate of drug-likeness (QED) is 0.598. The minimum absolute atomic E-state index is 0.121. The Morgan fingerprint density at radius 3 is 2.60 bits per heavy atom. The van der Waals surface area contributed by atoms with Crippen LogP contribution in [0.1, 0.15) is 5.56 Å². The van der Waals surface area contributed by atoms with E-state index < -0.39 is 10.0 Å². The predicted molar refractivity (Wildman–Crippen MR) is 116 cm³/mol. The summed E-state index contributed by atoms with van der Waals surface area (Å²) in [4.78, 5) is 14.4. The van der Waals surface area contributed by atoms with E-state index in [-0.39, 0.29) is 17.3 Å². The lowest BCUT2D eigenvalue weighted by molar-refractivity contribution is -0.122. The van der Waals surface area contributed by atoms with Crippen molar-refractivity contribution in [2.24, 2.45) is 0 Å². The van der Waals surface area contributed by atoms with Crippen molar-refractivity contribution in [3.63, 3.8) is 0 Å². The van der Waals surface area contributed by atoms with Crippen molar-refractivity contribution < 1.29 is 13.2 Å². The number of aromatic nitrogens is 2. The largest absolute Gasteiger partial charge is 0.351 e. The van der Waals surface area contributed by atoms with Crippen LogP contribution in [0.4, 0.5) is 0 Å². The third kappa shape index (κ3) is 4.47. The lowest BCUT2D eigenvalue weighted by atomic mass is 10.2. The van der Waals surface area contributed by atoms with E-state index in [4.69, 9.17) is 11.6 Å². The first-order valence-corrected chi connectivity index (χ1v) is 11.9. The standard InChI is InChI=1S/C19H20ClN5O3S2/c20-15-5-2-1-4-14(15)12-21-18(26)13-24-8-10-25(11-9-24)30(27,28)17-7-3-6-16-19(17)23-29-22-16/h1-7H,8-13H2,(H,21,26). The molecular formula is C19H20ClN5O3S2. The number of sulfonamides is 1. The summed E-state index contributed by atoms with van der Waals surface area (Å²) in [7, 11) is -3.67. The van der Waals surface area contributed by atoms with Crippen LogP contribution >= 0.6 is 23.3 Å². The van der Waals surface area contributed by atoms with E-state index in [0.29, 0.717) is 48.8 Å². The molecule has 2 heterocycles. The maximum atomic E-state index is 13.1. The number of hydrogen-bond donors (Lipinski definition) is 1. The summed E-state index contributed by atoms with van der Waals surface area (Å²) in [5, 5.41) is 3.47. The van der Waals surface area contributed by atoms with Gasteiger partial charge in [-0.1, -0.05) is 35.9 Å². The Kier molecular flexibility index (Phi) is 6.30. The Morgan fingerprint density at radius 2 is 1.83 bits per heavy atom. The van der Waals surface area contributed by atoms with Gasteiger partial charge < -0.3 is 5.32 Å². The van der Waals surface area contributed by atoms with E-state index in [1.165, 1.54) is 4.31 Å². The Labute approximate surface area is 183 Å². The molecule has 1 amide bonds. The summed E-state index contributed by atoms with van der Waals surface area (Å²) in [6, 6.07) is 12.3. The van der Waals surface area contributed by atoms with Crippen LogP contribution in [0, 0.1) is 0 Å². The maximum absolute atomic E-state index is 13.1. The first-order valence-electron chi connectivity index (χ1n) is 9.39. The van der Waals surface area contributed by atoms with Gasteiger partial charge in [0.1, 0.15) is 15.9 Å². The Balaban J connectivity index is 1.33. The van der Waals surface area contributed by atoms with Crippen molar-refractivity contribution in [1.29, 1.82) is 0 Å². The number of carbonyl (C=O) groups excluding carboxylic acids is 1. The molecule has 1 N–H and O–H groups in total. The van der Waals surface area contributed by atoms with Gasteiger partial charge in [-0.15, -0.1) is 0 Å². The predicted octanol–water partition coefficient (Wildman–Crippen LogP) is 1.97. The van der Waals surface area contributed by atoms with E-state index >= 15 is 0 Å². The van der Waals surface area contributed by atoms with Gasteiger partial charge in [0.05, 0.1) is 18.3 Å². The van der Waals surface area contributed by atoms with Crippen LogP contribution in [0.3, 0.4) is 0 Å². The van der Waals surface area contributed by atoms with Crippen molar-refractivity contribution >= 4 is 50.3 Å². The number of nitrogens with zero attached hydrogens (tertiary/aromatic N) is 4. The second-order valence-electron chi connectivity index (χ2n) is 6.94. The summed E-state index contributed by atoms with van der Waals surface area (Å²) in [5.74, 6) is -0.121. The summed E-state index contributed by atoms with van der Waals surface area (Å²) in [6.45, 7) is 2.15. The number of rotatable bonds is 6. The van der Waals surface area contributed by atoms with Gasteiger partial charge in [-0.2, -0.15) is 13.1 Å². The van der Waals surface area contributed by atoms with Gasteiger partial charge in [-0.25, -0.2) is 8.42 Å². The fourth-order valence-corrected chi connectivity index (χ4v) is 5.73. The average molecular weight is 466 g/mol. The number of piperazine rings is 1. The zero-order valence-corrected chi connectivity index (χ0v) is 18.4. The SMILES string of the molecule is O=C(CN1CCN(S(=O)(=O)c2cccc3nsnc23)CC1)NCc1ccccc1Cl. The lowest BCUT2D eigenvalue weighted by Crippen LogP contribution is -2.51. The summed E-state index contributed by atoms with van der Waals surface area (Å²) >= 11 is 7.10. The molecule has 0 aliphatic carbocycles. The zero-order chi connectivity index (χ0) is 21.1. The first-order chi connectivity index (χ1) is 14.4. The number of hydrogen-bond acceptors (Lipinski definition) is 7. The number of amides is 1. The summed E-state index contributed by atoms with van der Waals surface area (Å²) < 4.78 is 35.8. The highest BCUT2D eigenvalue weighted by Crippen LogP contribution is 2.25. The molecule has 0 spiro atoms. The maximum Gasteiger partial charge on any atom is 0.245 e. The molecule has 1 aromatic heterocycles. The third-order valence-electron chi connectivity index (χ3n) is 5.00. The van der Waals surface area contributed by atoms with Gasteiger partial charge in [0.2, 0.25) is 15.9 Å². The van der Waals surface area contributed by atoms with Crippen LogP contribution in [-0.2, 0) is 21.4 Å². The second kappa shape index (κ2) is 8.94. The molecule has 2 aromatic carbocycles. The van der Waals surface area contributed by atoms with Crippen LogP contribution in [0.2, 0.25) is 5.02 Å². The van der Waals surface area contributed by atoms with Crippen molar-refractivity contribution in [3.8, 4) is 0 Å².